The summed E-state index contributed by atoms with van der Waals surface area (Å²) in [6, 6.07) is 10.5. The summed E-state index contributed by atoms with van der Waals surface area (Å²) in [7, 11) is 2.08. The van der Waals surface area contributed by atoms with Crippen LogP contribution in [0.3, 0.4) is 0 Å². The van der Waals surface area contributed by atoms with Crippen molar-refractivity contribution in [3.8, 4) is 0 Å². The van der Waals surface area contributed by atoms with Crippen molar-refractivity contribution >= 4 is 28.6 Å². The Morgan fingerprint density at radius 3 is 2.60 bits per heavy atom. The number of nitrogens with zero attached hydrogens (tertiary/aromatic N) is 1. The first kappa shape index (κ1) is 15.4. The Hall–Kier alpha value is -1.03. The first-order valence-corrected chi connectivity index (χ1v) is 7.97. The number of anilines is 1. The molecule has 0 bridgehead atoms. The van der Waals surface area contributed by atoms with Crippen LogP contribution < -0.4 is 4.90 Å². The van der Waals surface area contributed by atoms with E-state index in [0.29, 0.717) is 11.1 Å². The van der Waals surface area contributed by atoms with E-state index in [1.54, 1.807) is 18.3 Å². The molecule has 0 spiro atoms. The number of hydrogen-bond acceptors (Lipinski definition) is 3. The molecule has 0 aliphatic carbocycles. The normalized spacial score (nSPS) is 14.1. The molecule has 2 unspecified atom stereocenters. The van der Waals surface area contributed by atoms with E-state index in [1.165, 1.54) is 4.88 Å². The lowest BCUT2D eigenvalue weighted by Crippen LogP contribution is -2.30. The van der Waals surface area contributed by atoms with Gasteiger partial charge in [-0.25, -0.2) is 0 Å². The number of halogens is 1. The zero-order chi connectivity index (χ0) is 14.7. The molecule has 108 valence electrons. The van der Waals surface area contributed by atoms with Gasteiger partial charge in [-0.1, -0.05) is 23.7 Å². The van der Waals surface area contributed by atoms with E-state index in [4.69, 9.17) is 11.6 Å². The van der Waals surface area contributed by atoms with Gasteiger partial charge in [0, 0.05) is 35.1 Å². The highest BCUT2D eigenvalue weighted by Gasteiger charge is 2.14. The van der Waals surface area contributed by atoms with Crippen LogP contribution in [0.1, 0.15) is 30.4 Å². The summed E-state index contributed by atoms with van der Waals surface area (Å²) >= 11 is 8.02. The molecule has 0 aliphatic heterocycles. The van der Waals surface area contributed by atoms with E-state index in [9.17, 15) is 5.11 Å². The Bertz CT molecular complexity index is 554. The predicted molar refractivity (Wildman–Crippen MR) is 88.0 cm³/mol. The molecule has 2 aromatic rings. The van der Waals surface area contributed by atoms with Crippen LogP contribution >= 0.6 is 22.9 Å². The van der Waals surface area contributed by atoms with Gasteiger partial charge in [0.15, 0.2) is 0 Å². The molecule has 0 saturated carbocycles. The number of benzene rings is 1. The molecule has 1 heterocycles. The van der Waals surface area contributed by atoms with E-state index in [0.717, 1.165) is 17.7 Å². The molecular formula is C16H20ClNOS. The van der Waals surface area contributed by atoms with Crippen molar-refractivity contribution in [3.05, 3.63) is 51.2 Å². The summed E-state index contributed by atoms with van der Waals surface area (Å²) in [5, 5.41) is 12.3. The summed E-state index contributed by atoms with van der Waals surface area (Å²) < 4.78 is 0. The molecule has 1 aromatic heterocycles. The quantitative estimate of drug-likeness (QED) is 0.877. The first-order valence-electron chi connectivity index (χ1n) is 6.71. The van der Waals surface area contributed by atoms with E-state index >= 15 is 0 Å². The van der Waals surface area contributed by atoms with Crippen molar-refractivity contribution in [1.29, 1.82) is 0 Å². The second-order valence-corrected chi connectivity index (χ2v) is 6.56. The molecule has 0 amide bonds. The minimum atomic E-state index is -0.537. The standard InChI is InChI=1S/C16H20ClNOS/c1-11(9-14-5-4-8-20-14)18(3)13-6-7-15(12(2)19)16(17)10-13/h4-8,10-12,19H,9H2,1-3H3. The van der Waals surface area contributed by atoms with Gasteiger partial charge in [0.05, 0.1) is 6.10 Å². The maximum absolute atomic E-state index is 9.62. The van der Waals surface area contributed by atoms with Crippen LogP contribution in [0.5, 0.6) is 0 Å². The average molecular weight is 310 g/mol. The van der Waals surface area contributed by atoms with Crippen LogP contribution in [0, 0.1) is 0 Å². The predicted octanol–water partition coefficient (Wildman–Crippen LogP) is 4.52. The summed E-state index contributed by atoms with van der Waals surface area (Å²) in [5.74, 6) is 0. The maximum Gasteiger partial charge on any atom is 0.0776 e. The first-order chi connectivity index (χ1) is 9.49. The highest BCUT2D eigenvalue weighted by molar-refractivity contribution is 7.09. The molecule has 20 heavy (non-hydrogen) atoms. The Morgan fingerprint density at radius 1 is 1.30 bits per heavy atom. The molecule has 2 atom stereocenters. The number of rotatable bonds is 5. The van der Waals surface area contributed by atoms with Crippen LogP contribution in [0.15, 0.2) is 35.7 Å². The summed E-state index contributed by atoms with van der Waals surface area (Å²) in [4.78, 5) is 3.60. The van der Waals surface area contributed by atoms with E-state index in [2.05, 4.69) is 36.4 Å². The highest BCUT2D eigenvalue weighted by atomic mass is 35.5. The van der Waals surface area contributed by atoms with E-state index < -0.39 is 6.10 Å². The number of thiophene rings is 1. The SMILES string of the molecule is CC(O)c1ccc(N(C)C(C)Cc2cccs2)cc1Cl. The molecule has 2 rings (SSSR count). The van der Waals surface area contributed by atoms with Gasteiger partial charge in [0.1, 0.15) is 0 Å². The highest BCUT2D eigenvalue weighted by Crippen LogP contribution is 2.28. The smallest absolute Gasteiger partial charge is 0.0776 e. The monoisotopic (exact) mass is 309 g/mol. The van der Waals surface area contributed by atoms with Crippen molar-refractivity contribution in [2.45, 2.75) is 32.4 Å². The minimum absolute atomic E-state index is 0.391. The number of aliphatic hydroxyl groups is 1. The van der Waals surface area contributed by atoms with Crippen molar-refractivity contribution in [1.82, 2.24) is 0 Å². The third kappa shape index (κ3) is 3.54. The van der Waals surface area contributed by atoms with Crippen LogP contribution in [0.25, 0.3) is 0 Å². The summed E-state index contributed by atoms with van der Waals surface area (Å²) in [6.07, 6.45) is 0.481. The van der Waals surface area contributed by atoms with Crippen LogP contribution in [0.2, 0.25) is 5.02 Å². The Kier molecular flexibility index (Phi) is 5.08. The molecule has 2 nitrogen and oxygen atoms in total. The maximum atomic E-state index is 9.62. The number of hydrogen-bond donors (Lipinski definition) is 1. The molecule has 0 saturated heterocycles. The molecule has 0 aliphatic rings. The zero-order valence-electron chi connectivity index (χ0n) is 12.0. The van der Waals surface area contributed by atoms with Gasteiger partial charge < -0.3 is 10.0 Å². The Morgan fingerprint density at radius 2 is 2.05 bits per heavy atom. The molecular weight excluding hydrogens is 290 g/mol. The van der Waals surface area contributed by atoms with Crippen LogP contribution in [-0.2, 0) is 6.42 Å². The average Bonchev–Trinajstić information content (AvgIpc) is 2.90. The fourth-order valence-corrected chi connectivity index (χ4v) is 3.34. The van der Waals surface area contributed by atoms with Gasteiger partial charge in [0.25, 0.3) is 0 Å². The second kappa shape index (κ2) is 6.61. The fourth-order valence-electron chi connectivity index (χ4n) is 2.19. The Labute approximate surface area is 129 Å². The van der Waals surface area contributed by atoms with Crippen LogP contribution in [-0.4, -0.2) is 18.2 Å². The van der Waals surface area contributed by atoms with Crippen molar-refractivity contribution < 1.29 is 5.11 Å². The largest absolute Gasteiger partial charge is 0.389 e. The number of aliphatic hydroxyl groups excluding tert-OH is 1. The van der Waals surface area contributed by atoms with E-state index in [1.807, 2.05) is 18.2 Å². The second-order valence-electron chi connectivity index (χ2n) is 5.13. The van der Waals surface area contributed by atoms with Gasteiger partial charge in [-0.15, -0.1) is 11.3 Å². The van der Waals surface area contributed by atoms with Crippen molar-refractivity contribution in [2.75, 3.05) is 11.9 Å². The lowest BCUT2D eigenvalue weighted by atomic mass is 10.1. The minimum Gasteiger partial charge on any atom is -0.389 e. The lowest BCUT2D eigenvalue weighted by molar-refractivity contribution is 0.199. The number of likely N-dealkylation sites (N-methyl/N-ethyl adjacent to an activating group) is 1. The zero-order valence-corrected chi connectivity index (χ0v) is 13.6. The topological polar surface area (TPSA) is 23.5 Å². The lowest BCUT2D eigenvalue weighted by Gasteiger charge is -2.27. The third-order valence-electron chi connectivity index (χ3n) is 3.58. The van der Waals surface area contributed by atoms with Crippen molar-refractivity contribution in [3.63, 3.8) is 0 Å². The molecule has 0 radical (unpaired) electrons. The molecule has 0 fully saturated rings. The molecule has 4 heteroatoms. The molecule has 1 aromatic carbocycles. The molecule has 1 N–H and O–H groups in total. The van der Waals surface area contributed by atoms with E-state index in [-0.39, 0.29) is 0 Å². The van der Waals surface area contributed by atoms with Gasteiger partial charge in [0.2, 0.25) is 0 Å². The van der Waals surface area contributed by atoms with Gasteiger partial charge >= 0.3 is 0 Å². The van der Waals surface area contributed by atoms with Crippen molar-refractivity contribution in [2.24, 2.45) is 0 Å². The third-order valence-corrected chi connectivity index (χ3v) is 4.81. The van der Waals surface area contributed by atoms with Gasteiger partial charge in [-0.3, -0.25) is 0 Å². The van der Waals surface area contributed by atoms with Gasteiger partial charge in [-0.05, 0) is 43.0 Å². The fraction of sp³-hybridized carbons (Fsp3) is 0.375. The summed E-state index contributed by atoms with van der Waals surface area (Å²) in [6.45, 7) is 3.93. The Balaban J connectivity index is 2.12. The van der Waals surface area contributed by atoms with Gasteiger partial charge in [-0.2, -0.15) is 0 Å². The summed E-state index contributed by atoms with van der Waals surface area (Å²) in [5.41, 5.74) is 1.85. The van der Waals surface area contributed by atoms with Crippen LogP contribution in [0.4, 0.5) is 5.69 Å².